The van der Waals surface area contributed by atoms with Crippen molar-refractivity contribution < 1.29 is 14.4 Å². The minimum atomic E-state index is -4.50. The second kappa shape index (κ2) is 8.45. The first-order chi connectivity index (χ1) is 14.0. The Hall–Kier alpha value is -2.54. The van der Waals surface area contributed by atoms with Gasteiger partial charge in [0.1, 0.15) is 11.5 Å². The molecule has 3 N–H and O–H groups in total. The van der Waals surface area contributed by atoms with Crippen molar-refractivity contribution in [1.29, 1.82) is 0 Å². The third-order valence-corrected chi connectivity index (χ3v) is 6.50. The average molecular weight is 425 g/mol. The van der Waals surface area contributed by atoms with E-state index in [-0.39, 0.29) is 0 Å². The molecule has 0 amide bonds. The maximum absolute atomic E-state index is 12.4. The zero-order chi connectivity index (χ0) is 20.3. The molecule has 6 nitrogen and oxygen atoms in total. The monoisotopic (exact) mass is 425 g/mol. The molecule has 4 rings (SSSR count). The van der Waals surface area contributed by atoms with Crippen molar-refractivity contribution in [3.8, 4) is 16.3 Å². The van der Waals surface area contributed by atoms with Gasteiger partial charge in [0.25, 0.3) is 0 Å². The molecule has 0 spiro atoms. The van der Waals surface area contributed by atoms with Gasteiger partial charge < -0.3 is 9.79 Å². The third-order valence-electron chi connectivity index (χ3n) is 4.49. The van der Waals surface area contributed by atoms with Gasteiger partial charge in [-0.15, -0.1) is 11.3 Å². The fourth-order valence-corrected chi connectivity index (χ4v) is 4.74. The van der Waals surface area contributed by atoms with Gasteiger partial charge in [-0.25, -0.2) is 4.68 Å². The summed E-state index contributed by atoms with van der Waals surface area (Å²) in [7, 11) is -4.50. The van der Waals surface area contributed by atoms with Gasteiger partial charge in [-0.05, 0) is 29.1 Å². The van der Waals surface area contributed by atoms with Crippen LogP contribution in [0, 0.1) is 0 Å². The summed E-state index contributed by atoms with van der Waals surface area (Å²) in [5, 5.41) is 9.62. The Kier molecular flexibility index (Phi) is 5.76. The van der Waals surface area contributed by atoms with Gasteiger partial charge in [-0.3, -0.25) is 9.88 Å². The van der Waals surface area contributed by atoms with Gasteiger partial charge in [0, 0.05) is 18.3 Å². The van der Waals surface area contributed by atoms with Crippen LogP contribution < -0.4 is 5.32 Å². The summed E-state index contributed by atoms with van der Waals surface area (Å²) < 4.78 is 14.1. The number of aromatic nitrogens is 2. The molecule has 2 heterocycles. The average Bonchev–Trinajstić information content (AvgIpc) is 3.39. The van der Waals surface area contributed by atoms with Gasteiger partial charge in [-0.1, -0.05) is 54.6 Å². The van der Waals surface area contributed by atoms with E-state index in [4.69, 9.17) is 0 Å². The number of benzene rings is 2. The number of para-hydroxylation sites is 1. The lowest BCUT2D eigenvalue weighted by atomic mass is 10.2. The third kappa shape index (κ3) is 4.56. The molecule has 0 bridgehead atoms. The highest BCUT2D eigenvalue weighted by molar-refractivity contribution is 7.52. The highest BCUT2D eigenvalue weighted by atomic mass is 32.1. The van der Waals surface area contributed by atoms with E-state index in [0.29, 0.717) is 17.8 Å². The summed E-state index contributed by atoms with van der Waals surface area (Å²) in [5.74, 6) is -1.17. The summed E-state index contributed by atoms with van der Waals surface area (Å²) in [4.78, 5) is 21.1. The Labute approximate surface area is 172 Å². The van der Waals surface area contributed by atoms with Crippen LogP contribution in [-0.4, -0.2) is 19.6 Å². The molecule has 0 aliphatic carbocycles. The Bertz CT molecular complexity index is 1110. The van der Waals surface area contributed by atoms with Crippen LogP contribution >= 0.6 is 18.9 Å². The van der Waals surface area contributed by atoms with Gasteiger partial charge >= 0.3 is 7.60 Å². The van der Waals surface area contributed by atoms with Crippen LogP contribution in [0.1, 0.15) is 16.9 Å². The van der Waals surface area contributed by atoms with Gasteiger partial charge in [0.15, 0.2) is 0 Å². The van der Waals surface area contributed by atoms with E-state index in [2.05, 4.69) is 10.4 Å². The molecule has 0 saturated carbocycles. The number of nitrogens with one attached hydrogen (secondary N) is 1. The Morgan fingerprint density at radius 2 is 1.69 bits per heavy atom. The first-order valence-electron chi connectivity index (χ1n) is 9.04. The van der Waals surface area contributed by atoms with Crippen molar-refractivity contribution in [2.24, 2.45) is 0 Å². The molecule has 0 fully saturated rings. The van der Waals surface area contributed by atoms with Crippen molar-refractivity contribution in [2.75, 3.05) is 0 Å². The number of thiophene rings is 1. The lowest BCUT2D eigenvalue weighted by Gasteiger charge is -2.20. The second-order valence-corrected chi connectivity index (χ2v) is 9.19. The van der Waals surface area contributed by atoms with E-state index in [1.54, 1.807) is 10.9 Å². The lowest BCUT2D eigenvalue weighted by molar-refractivity contribution is 0.347. The second-order valence-electron chi connectivity index (χ2n) is 6.55. The zero-order valence-corrected chi connectivity index (χ0v) is 17.1. The number of rotatable bonds is 7. The van der Waals surface area contributed by atoms with Crippen LogP contribution in [0.5, 0.6) is 0 Å². The number of nitrogens with zero attached hydrogens (tertiary/aromatic N) is 2. The first kappa shape index (κ1) is 19.8. The molecule has 0 saturated heterocycles. The molecule has 2 aromatic heterocycles. The molecular formula is C21H20N3O3PS. The quantitative estimate of drug-likeness (QED) is 0.378. The summed E-state index contributed by atoms with van der Waals surface area (Å²) in [6, 6.07) is 22.8. The summed E-state index contributed by atoms with van der Waals surface area (Å²) >= 11 is 1.48. The number of hydrogen-bond acceptors (Lipinski definition) is 4. The van der Waals surface area contributed by atoms with E-state index in [0.717, 1.165) is 16.1 Å². The maximum atomic E-state index is 12.4. The first-order valence-corrected chi connectivity index (χ1v) is 11.6. The minimum absolute atomic E-state index is 0.330. The minimum Gasteiger partial charge on any atom is -0.323 e. The summed E-state index contributed by atoms with van der Waals surface area (Å²) in [5.41, 5.74) is 2.81. The maximum Gasteiger partial charge on any atom is 0.346 e. The fourth-order valence-electron chi connectivity index (χ4n) is 3.13. The van der Waals surface area contributed by atoms with E-state index in [1.165, 1.54) is 11.3 Å². The SMILES string of the molecule is O=P(O)(O)[C@@H](NCc1ccccc1)c1cn(-c2ccccc2)nc1-c1cccs1. The van der Waals surface area contributed by atoms with E-state index < -0.39 is 13.4 Å². The number of hydrogen-bond donors (Lipinski definition) is 3. The topological polar surface area (TPSA) is 87.4 Å². The highest BCUT2D eigenvalue weighted by Crippen LogP contribution is 2.52. The molecule has 0 aliphatic heterocycles. The van der Waals surface area contributed by atoms with Crippen molar-refractivity contribution in [1.82, 2.24) is 15.1 Å². The standard InChI is InChI=1S/C21H20N3O3PS/c25-28(26,27)21(22-14-16-8-3-1-4-9-16)18-15-24(17-10-5-2-6-11-17)23-20(18)19-12-7-13-29-19/h1-13,15,21-22H,14H2,(H2,25,26,27)/t21-/m1/s1. The van der Waals surface area contributed by atoms with Crippen LogP contribution in [0.15, 0.2) is 84.4 Å². The van der Waals surface area contributed by atoms with Crippen molar-refractivity contribution >= 4 is 18.9 Å². The molecule has 4 aromatic rings. The van der Waals surface area contributed by atoms with Gasteiger partial charge in [0.2, 0.25) is 0 Å². The predicted octanol–water partition coefficient (Wildman–Crippen LogP) is 4.57. The normalized spacial score (nSPS) is 12.8. The zero-order valence-electron chi connectivity index (χ0n) is 15.4. The molecule has 0 aliphatic rings. The Morgan fingerprint density at radius 3 is 2.31 bits per heavy atom. The van der Waals surface area contributed by atoms with Crippen LogP contribution in [0.4, 0.5) is 0 Å². The van der Waals surface area contributed by atoms with Gasteiger partial charge in [-0.2, -0.15) is 5.10 Å². The predicted molar refractivity (Wildman–Crippen MR) is 115 cm³/mol. The highest BCUT2D eigenvalue weighted by Gasteiger charge is 2.34. The molecule has 2 aromatic carbocycles. The smallest absolute Gasteiger partial charge is 0.323 e. The molecule has 0 radical (unpaired) electrons. The molecule has 148 valence electrons. The van der Waals surface area contributed by atoms with E-state index in [9.17, 15) is 14.4 Å². The van der Waals surface area contributed by atoms with Crippen molar-refractivity contribution in [2.45, 2.75) is 12.3 Å². The molecule has 8 heteroatoms. The van der Waals surface area contributed by atoms with E-state index >= 15 is 0 Å². The van der Waals surface area contributed by atoms with Crippen LogP contribution in [0.25, 0.3) is 16.3 Å². The largest absolute Gasteiger partial charge is 0.346 e. The molecule has 0 unspecified atom stereocenters. The van der Waals surface area contributed by atoms with Gasteiger partial charge in [0.05, 0.1) is 10.6 Å². The van der Waals surface area contributed by atoms with Crippen LogP contribution in [-0.2, 0) is 11.1 Å². The van der Waals surface area contributed by atoms with E-state index in [1.807, 2.05) is 78.2 Å². The lowest BCUT2D eigenvalue weighted by Crippen LogP contribution is -2.21. The van der Waals surface area contributed by atoms with Crippen LogP contribution in [0.3, 0.4) is 0 Å². The van der Waals surface area contributed by atoms with Crippen molar-refractivity contribution in [3.63, 3.8) is 0 Å². The Balaban J connectivity index is 1.76. The van der Waals surface area contributed by atoms with Crippen LogP contribution in [0.2, 0.25) is 0 Å². The molecule has 1 atom stereocenters. The molecule has 29 heavy (non-hydrogen) atoms. The fraction of sp³-hybridized carbons (Fsp3) is 0.0952. The molecular weight excluding hydrogens is 405 g/mol. The Morgan fingerprint density at radius 1 is 1.00 bits per heavy atom. The summed E-state index contributed by atoms with van der Waals surface area (Å²) in [6.45, 7) is 0.330. The van der Waals surface area contributed by atoms with Crippen molar-refractivity contribution in [3.05, 3.63) is 95.5 Å². The summed E-state index contributed by atoms with van der Waals surface area (Å²) in [6.07, 6.45) is 1.70.